The molecule has 9 heteroatoms. The van der Waals surface area contributed by atoms with Crippen LogP contribution in [0.3, 0.4) is 0 Å². The van der Waals surface area contributed by atoms with Gasteiger partial charge in [0, 0.05) is 24.0 Å². The zero-order valence-corrected chi connectivity index (χ0v) is 16.7. The van der Waals surface area contributed by atoms with Gasteiger partial charge >= 0.3 is 6.03 Å². The van der Waals surface area contributed by atoms with Crippen molar-refractivity contribution in [2.45, 2.75) is 63.6 Å². The van der Waals surface area contributed by atoms with E-state index in [9.17, 15) is 13.6 Å². The molecule has 6 nitrogen and oxygen atoms in total. The number of carbonyl (C=O) groups excluding carboxylic acids is 1. The van der Waals surface area contributed by atoms with E-state index in [-0.39, 0.29) is 30.5 Å². The molecule has 0 radical (unpaired) electrons. The summed E-state index contributed by atoms with van der Waals surface area (Å²) >= 11 is 6.16. The summed E-state index contributed by atoms with van der Waals surface area (Å²) in [5, 5.41) is 14.1. The maximum atomic E-state index is 13.1. The second-order valence-corrected chi connectivity index (χ2v) is 8.25. The second kappa shape index (κ2) is 8.65. The van der Waals surface area contributed by atoms with Gasteiger partial charge < -0.3 is 15.2 Å². The van der Waals surface area contributed by atoms with E-state index in [1.807, 2.05) is 24.3 Å². The van der Waals surface area contributed by atoms with Gasteiger partial charge in [-0.2, -0.15) is 0 Å². The Morgan fingerprint density at radius 1 is 1.21 bits per heavy atom. The molecular weight excluding hydrogens is 400 g/mol. The lowest BCUT2D eigenvalue weighted by Crippen LogP contribution is -2.47. The molecule has 2 atom stereocenters. The van der Waals surface area contributed by atoms with Gasteiger partial charge in [-0.15, -0.1) is 10.2 Å². The Kier molecular flexibility index (Phi) is 5.99. The molecule has 2 aliphatic rings. The van der Waals surface area contributed by atoms with Crippen molar-refractivity contribution in [3.8, 4) is 0 Å². The number of hydrogen-bond donors (Lipinski definition) is 2. The number of hydrogen-bond acceptors (Lipinski definition) is 3. The van der Waals surface area contributed by atoms with Crippen molar-refractivity contribution < 1.29 is 13.6 Å². The van der Waals surface area contributed by atoms with E-state index in [4.69, 9.17) is 11.6 Å². The maximum absolute atomic E-state index is 13.1. The molecule has 1 fully saturated rings. The number of fused-ring (bicyclic) bond motifs is 1. The van der Waals surface area contributed by atoms with Crippen LogP contribution >= 0.6 is 11.6 Å². The van der Waals surface area contributed by atoms with Crippen molar-refractivity contribution in [1.82, 2.24) is 25.4 Å². The molecule has 0 spiro atoms. The highest BCUT2D eigenvalue weighted by atomic mass is 35.5. The average Bonchev–Trinajstić information content (AvgIpc) is 3.35. The Labute approximate surface area is 173 Å². The van der Waals surface area contributed by atoms with E-state index >= 15 is 0 Å². The molecule has 1 aromatic heterocycles. The summed E-state index contributed by atoms with van der Waals surface area (Å²) in [6.45, 7) is 0.251. The van der Waals surface area contributed by atoms with Gasteiger partial charge in [0.15, 0.2) is 5.82 Å². The number of halogens is 3. The molecule has 2 amide bonds. The zero-order chi connectivity index (χ0) is 20.4. The number of alkyl halides is 2. The Morgan fingerprint density at radius 2 is 2.00 bits per heavy atom. The second-order valence-electron chi connectivity index (χ2n) is 7.82. The molecule has 1 aliphatic carbocycles. The highest BCUT2D eigenvalue weighted by Gasteiger charge is 2.30. The number of nitrogens with zero attached hydrogens (tertiary/aromatic N) is 3. The third-order valence-corrected chi connectivity index (χ3v) is 6.11. The maximum Gasteiger partial charge on any atom is 0.315 e. The van der Waals surface area contributed by atoms with Gasteiger partial charge in [0.2, 0.25) is 0 Å². The van der Waals surface area contributed by atoms with Gasteiger partial charge in [-0.25, -0.2) is 13.6 Å². The van der Waals surface area contributed by atoms with E-state index in [2.05, 4.69) is 20.8 Å². The number of carbonyl (C=O) groups is 1. The molecule has 0 saturated heterocycles. The number of rotatable bonds is 5. The Bertz CT molecular complexity index is 868. The minimum atomic E-state index is -2.68. The number of aromatic nitrogens is 3. The fourth-order valence-corrected chi connectivity index (χ4v) is 4.66. The van der Waals surface area contributed by atoms with Gasteiger partial charge in [-0.1, -0.05) is 36.6 Å². The first kappa shape index (κ1) is 20.1. The standard InChI is InChI=1S/C20H24ClF2N5O/c21-14-7-3-6-13(10-14)17(12-4-1-2-5-12)25-20(29)24-15-8-9-16-26-27-19(18(22)23)28(16)11-15/h3,6-7,10,12,15,17-18H,1-2,4-5,8-9,11H2,(H2,24,25,29)/t15-,17+/m1/s1. The summed E-state index contributed by atoms with van der Waals surface area (Å²) in [6.07, 6.45) is 2.88. The third-order valence-electron chi connectivity index (χ3n) is 5.87. The molecule has 1 aliphatic heterocycles. The molecule has 0 bridgehead atoms. The first-order chi connectivity index (χ1) is 14.0. The summed E-state index contributed by atoms with van der Waals surface area (Å²) in [5.41, 5.74) is 0.990. The zero-order valence-electron chi connectivity index (χ0n) is 16.0. The summed E-state index contributed by atoms with van der Waals surface area (Å²) in [5.74, 6) is 0.566. The largest absolute Gasteiger partial charge is 0.334 e. The minimum absolute atomic E-state index is 0.123. The fraction of sp³-hybridized carbons (Fsp3) is 0.550. The predicted molar refractivity (Wildman–Crippen MR) is 105 cm³/mol. The van der Waals surface area contributed by atoms with E-state index in [1.54, 1.807) is 0 Å². The van der Waals surface area contributed by atoms with Crippen molar-refractivity contribution in [2.24, 2.45) is 5.92 Å². The molecule has 1 aromatic carbocycles. The topological polar surface area (TPSA) is 71.8 Å². The number of urea groups is 1. The van der Waals surface area contributed by atoms with E-state index in [1.165, 1.54) is 4.57 Å². The van der Waals surface area contributed by atoms with Crippen LogP contribution in [-0.4, -0.2) is 26.8 Å². The Morgan fingerprint density at radius 3 is 2.72 bits per heavy atom. The molecule has 2 N–H and O–H groups in total. The van der Waals surface area contributed by atoms with Crippen molar-refractivity contribution in [1.29, 1.82) is 0 Å². The quantitative estimate of drug-likeness (QED) is 0.748. The molecular formula is C20H24ClF2N5O. The van der Waals surface area contributed by atoms with Crippen molar-refractivity contribution in [3.05, 3.63) is 46.5 Å². The highest BCUT2D eigenvalue weighted by Crippen LogP contribution is 2.36. The van der Waals surface area contributed by atoms with Crippen LogP contribution in [0.1, 0.15) is 61.8 Å². The minimum Gasteiger partial charge on any atom is -0.334 e. The van der Waals surface area contributed by atoms with Gasteiger partial charge in [0.1, 0.15) is 5.82 Å². The van der Waals surface area contributed by atoms with Crippen LogP contribution in [0.15, 0.2) is 24.3 Å². The first-order valence-corrected chi connectivity index (χ1v) is 10.4. The molecule has 156 valence electrons. The van der Waals surface area contributed by atoms with Crippen LogP contribution in [0.4, 0.5) is 13.6 Å². The van der Waals surface area contributed by atoms with Gasteiger partial charge in [0.25, 0.3) is 6.43 Å². The Hall–Kier alpha value is -2.22. The van der Waals surface area contributed by atoms with Crippen molar-refractivity contribution in [3.63, 3.8) is 0 Å². The molecule has 1 saturated carbocycles. The lowest BCUT2D eigenvalue weighted by atomic mass is 9.91. The van der Waals surface area contributed by atoms with Crippen molar-refractivity contribution >= 4 is 17.6 Å². The number of aryl methyl sites for hydroxylation is 1. The summed E-state index contributed by atoms with van der Waals surface area (Å²) in [6, 6.07) is 6.91. The molecule has 2 heterocycles. The van der Waals surface area contributed by atoms with Crippen molar-refractivity contribution in [2.75, 3.05) is 0 Å². The van der Waals surface area contributed by atoms with Crippen LogP contribution in [0.25, 0.3) is 0 Å². The summed E-state index contributed by atoms with van der Waals surface area (Å²) in [4.78, 5) is 12.8. The predicted octanol–water partition coefficient (Wildman–Crippen LogP) is 4.41. The third kappa shape index (κ3) is 4.52. The number of benzene rings is 1. The summed E-state index contributed by atoms with van der Waals surface area (Å²) < 4.78 is 27.6. The van der Waals surface area contributed by atoms with Crippen LogP contribution in [-0.2, 0) is 13.0 Å². The van der Waals surface area contributed by atoms with Crippen LogP contribution in [0.5, 0.6) is 0 Å². The SMILES string of the molecule is O=C(N[C@@H]1CCc2nnc(C(F)F)n2C1)N[C@H](c1cccc(Cl)c1)C1CCCC1. The van der Waals surface area contributed by atoms with Gasteiger partial charge in [-0.05, 0) is 42.9 Å². The molecule has 29 heavy (non-hydrogen) atoms. The van der Waals surface area contributed by atoms with E-state index in [0.717, 1.165) is 31.2 Å². The normalized spacial score (nSPS) is 20.5. The highest BCUT2D eigenvalue weighted by molar-refractivity contribution is 6.30. The lowest BCUT2D eigenvalue weighted by molar-refractivity contribution is 0.132. The number of amides is 2. The monoisotopic (exact) mass is 423 g/mol. The first-order valence-electron chi connectivity index (χ1n) is 10.0. The molecule has 0 unspecified atom stereocenters. The fourth-order valence-electron chi connectivity index (χ4n) is 4.46. The van der Waals surface area contributed by atoms with Crippen LogP contribution in [0, 0.1) is 5.92 Å². The molecule has 2 aromatic rings. The van der Waals surface area contributed by atoms with Gasteiger partial charge in [-0.3, -0.25) is 0 Å². The van der Waals surface area contributed by atoms with Crippen LogP contribution in [0.2, 0.25) is 5.02 Å². The van der Waals surface area contributed by atoms with Gasteiger partial charge in [0.05, 0.1) is 6.04 Å². The molecule has 4 rings (SSSR count). The summed E-state index contributed by atoms with van der Waals surface area (Å²) in [7, 11) is 0. The smallest absolute Gasteiger partial charge is 0.315 e. The average molecular weight is 424 g/mol. The van der Waals surface area contributed by atoms with E-state index in [0.29, 0.717) is 29.6 Å². The van der Waals surface area contributed by atoms with Crippen LogP contribution < -0.4 is 10.6 Å². The Balaban J connectivity index is 1.44. The van der Waals surface area contributed by atoms with E-state index < -0.39 is 6.43 Å². The lowest BCUT2D eigenvalue weighted by Gasteiger charge is -2.29. The number of nitrogens with one attached hydrogen (secondary N) is 2.